The molecule has 1 rings (SSSR count). The van der Waals surface area contributed by atoms with Crippen LogP contribution in [0.15, 0.2) is 0 Å². The Labute approximate surface area is 98.9 Å². The molecule has 1 saturated carbocycles. The summed E-state index contributed by atoms with van der Waals surface area (Å²) in [6.45, 7) is 6.84. The van der Waals surface area contributed by atoms with Gasteiger partial charge in [0, 0.05) is 5.54 Å². The highest BCUT2D eigenvalue weighted by atomic mass is 16.5. The molecular weight excluding hydrogens is 202 g/mol. The molecule has 16 heavy (non-hydrogen) atoms. The molecule has 3 nitrogen and oxygen atoms in total. The Kier molecular flexibility index (Phi) is 4.78. The summed E-state index contributed by atoms with van der Waals surface area (Å²) in [6, 6.07) is 0. The van der Waals surface area contributed by atoms with E-state index in [0.717, 1.165) is 6.42 Å². The van der Waals surface area contributed by atoms with Crippen LogP contribution in [0, 0.1) is 11.8 Å². The van der Waals surface area contributed by atoms with Crippen molar-refractivity contribution in [2.45, 2.75) is 52.0 Å². The maximum absolute atomic E-state index is 11.7. The molecule has 0 bridgehead atoms. The molecule has 1 aliphatic rings. The van der Waals surface area contributed by atoms with E-state index in [4.69, 9.17) is 4.74 Å². The van der Waals surface area contributed by atoms with Gasteiger partial charge in [-0.1, -0.05) is 20.3 Å². The lowest BCUT2D eigenvalue weighted by Gasteiger charge is -2.44. The largest absolute Gasteiger partial charge is 0.466 e. The fraction of sp³-hybridized carbons (Fsp3) is 0.923. The second-order valence-corrected chi connectivity index (χ2v) is 5.18. The highest BCUT2D eigenvalue weighted by Crippen LogP contribution is 2.39. The first-order chi connectivity index (χ1) is 7.54. The first kappa shape index (κ1) is 13.5. The Hall–Kier alpha value is -0.570. The highest BCUT2D eigenvalue weighted by Gasteiger charge is 2.41. The van der Waals surface area contributed by atoms with Crippen LogP contribution in [0.4, 0.5) is 0 Å². The summed E-state index contributed by atoms with van der Waals surface area (Å²) in [4.78, 5) is 11.7. The zero-order valence-electron chi connectivity index (χ0n) is 11.0. The van der Waals surface area contributed by atoms with E-state index in [0.29, 0.717) is 24.9 Å². The minimum atomic E-state index is -0.0715. The molecule has 1 N–H and O–H groups in total. The Morgan fingerprint density at radius 2 is 2.12 bits per heavy atom. The molecule has 0 heterocycles. The molecule has 94 valence electrons. The van der Waals surface area contributed by atoms with E-state index in [9.17, 15) is 4.79 Å². The monoisotopic (exact) mass is 227 g/mol. The third-order valence-corrected chi connectivity index (χ3v) is 4.01. The van der Waals surface area contributed by atoms with Crippen molar-refractivity contribution < 1.29 is 9.53 Å². The molecule has 0 spiro atoms. The second kappa shape index (κ2) is 5.67. The number of carbonyl (C=O) groups is 1. The average molecular weight is 227 g/mol. The smallest absolute Gasteiger partial charge is 0.307 e. The van der Waals surface area contributed by atoms with Gasteiger partial charge in [0.15, 0.2) is 0 Å². The van der Waals surface area contributed by atoms with Crippen LogP contribution in [-0.2, 0) is 9.53 Å². The average Bonchev–Trinajstić information content (AvgIpc) is 2.24. The van der Waals surface area contributed by atoms with Crippen LogP contribution >= 0.6 is 0 Å². The molecule has 3 unspecified atom stereocenters. The summed E-state index contributed by atoms with van der Waals surface area (Å²) in [5, 5.41) is 3.39. The third kappa shape index (κ3) is 2.97. The molecule has 0 aromatic rings. The third-order valence-electron chi connectivity index (χ3n) is 4.01. The molecule has 0 aliphatic heterocycles. The van der Waals surface area contributed by atoms with Crippen LogP contribution in [0.5, 0.6) is 0 Å². The van der Waals surface area contributed by atoms with E-state index >= 15 is 0 Å². The lowest BCUT2D eigenvalue weighted by Crippen LogP contribution is -2.53. The molecule has 1 aliphatic carbocycles. The molecule has 0 aromatic carbocycles. The fourth-order valence-corrected chi connectivity index (χ4v) is 2.89. The summed E-state index contributed by atoms with van der Waals surface area (Å²) in [5.74, 6) is 1.16. The summed E-state index contributed by atoms with van der Waals surface area (Å²) in [7, 11) is 1.97. The van der Waals surface area contributed by atoms with Crippen LogP contribution in [0.25, 0.3) is 0 Å². The van der Waals surface area contributed by atoms with Gasteiger partial charge in [-0.15, -0.1) is 0 Å². The Morgan fingerprint density at radius 3 is 2.69 bits per heavy atom. The van der Waals surface area contributed by atoms with Crippen molar-refractivity contribution >= 4 is 5.97 Å². The van der Waals surface area contributed by atoms with Gasteiger partial charge in [0.1, 0.15) is 0 Å². The maximum atomic E-state index is 11.7. The number of hydrogen-bond acceptors (Lipinski definition) is 3. The van der Waals surface area contributed by atoms with Gasteiger partial charge in [-0.2, -0.15) is 0 Å². The summed E-state index contributed by atoms with van der Waals surface area (Å²) in [6.07, 6.45) is 4.04. The topological polar surface area (TPSA) is 38.3 Å². The minimum absolute atomic E-state index is 0.0517. The molecule has 0 aromatic heterocycles. The van der Waals surface area contributed by atoms with Gasteiger partial charge in [-0.05, 0) is 38.6 Å². The van der Waals surface area contributed by atoms with Crippen LogP contribution in [0.1, 0.15) is 46.5 Å². The first-order valence-electron chi connectivity index (χ1n) is 6.38. The van der Waals surface area contributed by atoms with E-state index in [1.165, 1.54) is 12.8 Å². The number of esters is 1. The SMILES string of the molecule is CCOC(=O)CC1(NC)CC(C)CCC1C. The van der Waals surface area contributed by atoms with Gasteiger partial charge in [-0.25, -0.2) is 0 Å². The first-order valence-corrected chi connectivity index (χ1v) is 6.38. The van der Waals surface area contributed by atoms with Crippen LogP contribution < -0.4 is 5.32 Å². The van der Waals surface area contributed by atoms with E-state index in [1.54, 1.807) is 0 Å². The van der Waals surface area contributed by atoms with E-state index < -0.39 is 0 Å². The van der Waals surface area contributed by atoms with Crippen molar-refractivity contribution in [1.82, 2.24) is 5.32 Å². The second-order valence-electron chi connectivity index (χ2n) is 5.18. The van der Waals surface area contributed by atoms with Crippen molar-refractivity contribution in [2.75, 3.05) is 13.7 Å². The number of nitrogens with one attached hydrogen (secondary N) is 1. The van der Waals surface area contributed by atoms with Gasteiger partial charge in [0.25, 0.3) is 0 Å². The van der Waals surface area contributed by atoms with Crippen LogP contribution in [-0.4, -0.2) is 25.2 Å². The van der Waals surface area contributed by atoms with E-state index in [2.05, 4.69) is 19.2 Å². The zero-order chi connectivity index (χ0) is 12.2. The van der Waals surface area contributed by atoms with Gasteiger partial charge in [0.2, 0.25) is 0 Å². The maximum Gasteiger partial charge on any atom is 0.307 e. The van der Waals surface area contributed by atoms with Crippen molar-refractivity contribution in [3.8, 4) is 0 Å². The minimum Gasteiger partial charge on any atom is -0.466 e. The number of ether oxygens (including phenoxy) is 1. The molecule has 0 amide bonds. The highest BCUT2D eigenvalue weighted by molar-refractivity contribution is 5.71. The lowest BCUT2D eigenvalue weighted by molar-refractivity contribution is -0.146. The van der Waals surface area contributed by atoms with Gasteiger partial charge in [-0.3, -0.25) is 4.79 Å². The van der Waals surface area contributed by atoms with E-state index in [-0.39, 0.29) is 11.5 Å². The number of hydrogen-bond donors (Lipinski definition) is 1. The zero-order valence-corrected chi connectivity index (χ0v) is 11.0. The normalized spacial score (nSPS) is 34.8. The Bertz CT molecular complexity index is 242. The predicted octanol–water partition coefficient (Wildman–Crippen LogP) is 2.35. The van der Waals surface area contributed by atoms with Crippen molar-refractivity contribution in [3.05, 3.63) is 0 Å². The van der Waals surface area contributed by atoms with Crippen molar-refractivity contribution in [1.29, 1.82) is 0 Å². The summed E-state index contributed by atoms with van der Waals surface area (Å²) >= 11 is 0. The van der Waals surface area contributed by atoms with Gasteiger partial charge in [0.05, 0.1) is 13.0 Å². The van der Waals surface area contributed by atoms with E-state index in [1.807, 2.05) is 14.0 Å². The van der Waals surface area contributed by atoms with Gasteiger partial charge >= 0.3 is 5.97 Å². The standard InChI is InChI=1S/C13H25NO2/c1-5-16-12(15)9-13(14-4)8-10(2)6-7-11(13)3/h10-11,14H,5-9H2,1-4H3. The number of rotatable bonds is 4. The van der Waals surface area contributed by atoms with Crippen molar-refractivity contribution in [3.63, 3.8) is 0 Å². The molecule has 0 saturated heterocycles. The predicted molar refractivity (Wildman–Crippen MR) is 65.2 cm³/mol. The summed E-state index contributed by atoms with van der Waals surface area (Å²) < 4.78 is 5.08. The van der Waals surface area contributed by atoms with Crippen molar-refractivity contribution in [2.24, 2.45) is 11.8 Å². The number of carbonyl (C=O) groups excluding carboxylic acids is 1. The van der Waals surface area contributed by atoms with Gasteiger partial charge < -0.3 is 10.1 Å². The van der Waals surface area contributed by atoms with Crippen LogP contribution in [0.2, 0.25) is 0 Å². The Balaban J connectivity index is 2.70. The molecule has 3 heteroatoms. The molecule has 0 radical (unpaired) electrons. The Morgan fingerprint density at radius 1 is 1.44 bits per heavy atom. The fourth-order valence-electron chi connectivity index (χ4n) is 2.89. The molecule has 1 fully saturated rings. The summed E-state index contributed by atoms with van der Waals surface area (Å²) in [5.41, 5.74) is -0.0517. The lowest BCUT2D eigenvalue weighted by atomic mass is 9.68. The quantitative estimate of drug-likeness (QED) is 0.749. The van der Waals surface area contributed by atoms with Crippen LogP contribution in [0.3, 0.4) is 0 Å². The molecule has 3 atom stereocenters. The molecular formula is C13H25NO2.